The summed E-state index contributed by atoms with van der Waals surface area (Å²) in [7, 11) is -2.35. The highest BCUT2D eigenvalue weighted by Gasteiger charge is 2.21. The zero-order valence-electron chi connectivity index (χ0n) is 19.5. The van der Waals surface area contributed by atoms with Gasteiger partial charge in [0.15, 0.2) is 13.2 Å². The van der Waals surface area contributed by atoms with Gasteiger partial charge in [-0.25, -0.2) is 18.2 Å². The van der Waals surface area contributed by atoms with E-state index in [1.54, 1.807) is 30.3 Å². The lowest BCUT2D eigenvalue weighted by atomic mass is 10.3. The van der Waals surface area contributed by atoms with E-state index in [2.05, 4.69) is 10.3 Å². The number of benzene rings is 2. The molecule has 36 heavy (non-hydrogen) atoms. The van der Waals surface area contributed by atoms with Gasteiger partial charge in [-0.15, -0.1) is 0 Å². The van der Waals surface area contributed by atoms with E-state index in [0.717, 1.165) is 4.31 Å². The number of carbonyl (C=O) groups is 2. The number of hydrogen-bond acceptors (Lipinski definition) is 8. The van der Waals surface area contributed by atoms with E-state index >= 15 is 0 Å². The van der Waals surface area contributed by atoms with E-state index < -0.39 is 35.1 Å². The van der Waals surface area contributed by atoms with E-state index in [0.29, 0.717) is 28.8 Å². The predicted octanol–water partition coefficient (Wildman–Crippen LogP) is 3.52. The molecule has 10 nitrogen and oxygen atoms in total. The molecule has 0 radical (unpaired) electrons. The molecule has 0 fully saturated rings. The number of hydrogen-bond donors (Lipinski definition) is 1. The molecule has 1 N–H and O–H groups in total. The summed E-state index contributed by atoms with van der Waals surface area (Å²) in [6, 6.07) is 15.3. The van der Waals surface area contributed by atoms with Crippen molar-refractivity contribution in [3.63, 3.8) is 0 Å². The topological polar surface area (TPSA) is 124 Å². The van der Waals surface area contributed by atoms with E-state index in [9.17, 15) is 18.0 Å². The van der Waals surface area contributed by atoms with Crippen LogP contribution in [-0.2, 0) is 24.3 Å². The number of ether oxygens (including phenoxy) is 3. The van der Waals surface area contributed by atoms with Gasteiger partial charge in [-0.2, -0.15) is 0 Å². The Morgan fingerprint density at radius 2 is 1.58 bits per heavy atom. The Hall–Kier alpha value is -3.83. The van der Waals surface area contributed by atoms with Gasteiger partial charge in [0.25, 0.3) is 15.9 Å². The van der Waals surface area contributed by atoms with Crippen molar-refractivity contribution in [2.75, 3.05) is 36.5 Å². The maximum absolute atomic E-state index is 12.9. The summed E-state index contributed by atoms with van der Waals surface area (Å²) >= 11 is 5.73. The number of aromatic nitrogens is 1. The van der Waals surface area contributed by atoms with Gasteiger partial charge in [0.2, 0.25) is 0 Å². The van der Waals surface area contributed by atoms with Crippen LogP contribution in [0.5, 0.6) is 11.5 Å². The summed E-state index contributed by atoms with van der Waals surface area (Å²) in [5.74, 6) is -0.158. The average molecular weight is 534 g/mol. The molecule has 0 bridgehead atoms. The zero-order valence-corrected chi connectivity index (χ0v) is 21.1. The molecule has 0 aliphatic carbocycles. The zero-order chi connectivity index (χ0) is 26.1. The molecule has 1 aromatic heterocycles. The first-order chi connectivity index (χ1) is 17.2. The van der Waals surface area contributed by atoms with Gasteiger partial charge >= 0.3 is 5.97 Å². The Kier molecular flexibility index (Phi) is 9.09. The lowest BCUT2D eigenvalue weighted by Crippen LogP contribution is -2.26. The third-order valence-corrected chi connectivity index (χ3v) is 6.73. The molecule has 2 aromatic carbocycles. The molecule has 190 valence electrons. The third kappa shape index (κ3) is 7.33. The molecule has 0 aliphatic rings. The Bertz CT molecular complexity index is 1280. The largest absolute Gasteiger partial charge is 0.494 e. The van der Waals surface area contributed by atoms with Gasteiger partial charge in [-0.3, -0.25) is 9.10 Å². The molecular weight excluding hydrogens is 510 g/mol. The molecular formula is C24H24ClN3O7S. The highest BCUT2D eigenvalue weighted by Crippen LogP contribution is 2.25. The second kappa shape index (κ2) is 12.2. The molecule has 1 amide bonds. The number of sulfonamides is 1. The fourth-order valence-corrected chi connectivity index (χ4v) is 4.19. The van der Waals surface area contributed by atoms with Gasteiger partial charge in [-0.05, 0) is 67.6 Å². The van der Waals surface area contributed by atoms with Crippen molar-refractivity contribution in [1.82, 2.24) is 4.98 Å². The van der Waals surface area contributed by atoms with Crippen LogP contribution in [-0.4, -0.2) is 52.1 Å². The number of amides is 1. The van der Waals surface area contributed by atoms with Crippen LogP contribution in [0.4, 0.5) is 11.5 Å². The van der Waals surface area contributed by atoms with E-state index in [-0.39, 0.29) is 10.7 Å². The van der Waals surface area contributed by atoms with Gasteiger partial charge < -0.3 is 19.5 Å². The van der Waals surface area contributed by atoms with Crippen LogP contribution >= 0.6 is 11.6 Å². The summed E-state index contributed by atoms with van der Waals surface area (Å²) in [6.07, 6.45) is 1.37. The molecule has 12 heteroatoms. The summed E-state index contributed by atoms with van der Waals surface area (Å²) in [6.45, 7) is 1.37. The van der Waals surface area contributed by atoms with Crippen molar-refractivity contribution in [2.45, 2.75) is 11.8 Å². The van der Waals surface area contributed by atoms with Gasteiger partial charge in [0, 0.05) is 13.2 Å². The van der Waals surface area contributed by atoms with Crippen LogP contribution < -0.4 is 19.1 Å². The molecule has 0 saturated carbocycles. The predicted molar refractivity (Wildman–Crippen MR) is 134 cm³/mol. The number of carbonyl (C=O) groups excluding carboxylic acids is 2. The van der Waals surface area contributed by atoms with Crippen molar-refractivity contribution < 1.29 is 32.2 Å². The summed E-state index contributed by atoms with van der Waals surface area (Å²) in [5, 5.41) is 2.88. The molecule has 1 heterocycles. The highest BCUT2D eigenvalue weighted by molar-refractivity contribution is 7.92. The standard InChI is InChI=1S/C24H24ClN3O7S/c1-3-33-19-9-11-21(12-10-19)36(31,32)28(2)18-5-7-20(8-6-18)34-16-24(30)35-15-23(29)27-22-13-4-17(25)14-26-22/h4-14H,3,15-16H2,1-2H3,(H,26,27,29). The third-order valence-electron chi connectivity index (χ3n) is 4.71. The first-order valence-electron chi connectivity index (χ1n) is 10.7. The van der Waals surface area contributed by atoms with Crippen molar-refractivity contribution in [3.05, 3.63) is 71.9 Å². The van der Waals surface area contributed by atoms with Crippen LogP contribution in [0.15, 0.2) is 71.8 Å². The number of nitrogens with zero attached hydrogens (tertiary/aromatic N) is 2. The lowest BCUT2D eigenvalue weighted by Gasteiger charge is -2.20. The van der Waals surface area contributed by atoms with Crippen LogP contribution in [0.3, 0.4) is 0 Å². The second-order valence-electron chi connectivity index (χ2n) is 7.23. The number of nitrogens with one attached hydrogen (secondary N) is 1. The van der Waals surface area contributed by atoms with E-state index in [1.165, 1.54) is 43.6 Å². The van der Waals surface area contributed by atoms with Crippen molar-refractivity contribution in [3.8, 4) is 11.5 Å². The molecule has 3 aromatic rings. The minimum absolute atomic E-state index is 0.118. The van der Waals surface area contributed by atoms with Gasteiger partial charge in [0.1, 0.15) is 17.3 Å². The summed E-state index contributed by atoms with van der Waals surface area (Å²) in [5.41, 5.74) is 0.395. The fraction of sp³-hybridized carbons (Fsp3) is 0.208. The monoisotopic (exact) mass is 533 g/mol. The molecule has 0 aliphatic heterocycles. The quantitative estimate of drug-likeness (QED) is 0.371. The summed E-state index contributed by atoms with van der Waals surface area (Å²) in [4.78, 5) is 27.8. The van der Waals surface area contributed by atoms with Crippen LogP contribution in [0.1, 0.15) is 6.92 Å². The number of pyridine rings is 1. The van der Waals surface area contributed by atoms with Crippen molar-refractivity contribution >= 4 is 45.0 Å². The Morgan fingerprint density at radius 1 is 0.944 bits per heavy atom. The number of halogens is 1. The Labute approximate surface area is 213 Å². The Balaban J connectivity index is 1.49. The minimum Gasteiger partial charge on any atom is -0.494 e. The average Bonchev–Trinajstić information content (AvgIpc) is 2.88. The number of esters is 1. The van der Waals surface area contributed by atoms with Crippen molar-refractivity contribution in [2.24, 2.45) is 0 Å². The highest BCUT2D eigenvalue weighted by atomic mass is 35.5. The number of rotatable bonds is 11. The molecule has 0 saturated heterocycles. The summed E-state index contributed by atoms with van der Waals surface area (Å²) < 4.78 is 42.5. The van der Waals surface area contributed by atoms with Crippen molar-refractivity contribution in [1.29, 1.82) is 0 Å². The fourth-order valence-electron chi connectivity index (χ4n) is 2.88. The Morgan fingerprint density at radius 3 is 2.19 bits per heavy atom. The second-order valence-corrected chi connectivity index (χ2v) is 9.64. The first-order valence-corrected chi connectivity index (χ1v) is 12.5. The van der Waals surface area contributed by atoms with Crippen LogP contribution in [0, 0.1) is 0 Å². The SMILES string of the molecule is CCOc1ccc(S(=O)(=O)N(C)c2ccc(OCC(=O)OCC(=O)Nc3ccc(Cl)cn3)cc2)cc1. The van der Waals surface area contributed by atoms with Gasteiger partial charge in [-0.1, -0.05) is 11.6 Å². The number of anilines is 2. The molecule has 3 rings (SSSR count). The maximum Gasteiger partial charge on any atom is 0.344 e. The minimum atomic E-state index is -3.79. The molecule has 0 atom stereocenters. The first kappa shape index (κ1) is 26.8. The normalized spacial score (nSPS) is 10.9. The molecule has 0 unspecified atom stereocenters. The van der Waals surface area contributed by atoms with E-state index in [4.69, 9.17) is 25.8 Å². The van der Waals surface area contributed by atoms with Crippen LogP contribution in [0.25, 0.3) is 0 Å². The lowest BCUT2D eigenvalue weighted by molar-refractivity contribution is -0.149. The van der Waals surface area contributed by atoms with Crippen LogP contribution in [0.2, 0.25) is 5.02 Å². The molecule has 0 spiro atoms. The van der Waals surface area contributed by atoms with E-state index in [1.807, 2.05) is 6.92 Å². The smallest absolute Gasteiger partial charge is 0.344 e. The maximum atomic E-state index is 12.9. The van der Waals surface area contributed by atoms with Gasteiger partial charge in [0.05, 0.1) is 22.2 Å².